The molecule has 0 spiro atoms. The Bertz CT molecular complexity index is 933. The third kappa shape index (κ3) is 5.64. The van der Waals surface area contributed by atoms with E-state index in [0.29, 0.717) is 0 Å². The average molecular weight is 523 g/mol. The zero-order valence-electron chi connectivity index (χ0n) is 14.7. The van der Waals surface area contributed by atoms with Gasteiger partial charge in [-0.3, -0.25) is 9.36 Å². The van der Waals surface area contributed by atoms with Gasteiger partial charge in [0, 0.05) is 11.8 Å². The van der Waals surface area contributed by atoms with Crippen molar-refractivity contribution in [3.05, 3.63) is 52.5 Å². The number of Topliss-reactive ketones (excluding diaryl/α,β-unsaturated/α-hetero) is 1. The maximum absolute atomic E-state index is 13.7. The minimum atomic E-state index is -4.41. The van der Waals surface area contributed by atoms with Gasteiger partial charge >= 0.3 is 7.60 Å². The summed E-state index contributed by atoms with van der Waals surface area (Å²) >= 11 is 23.2. The number of hydrogen-bond acceptors (Lipinski definition) is 6. The van der Waals surface area contributed by atoms with Crippen LogP contribution in [0, 0.1) is 0 Å². The van der Waals surface area contributed by atoms with Crippen molar-refractivity contribution in [2.75, 3.05) is 25.0 Å². The monoisotopic (exact) mass is 521 g/mol. The van der Waals surface area contributed by atoms with Crippen LogP contribution in [0.25, 0.3) is 0 Å². The first-order chi connectivity index (χ1) is 13.6. The van der Waals surface area contributed by atoms with E-state index in [9.17, 15) is 17.8 Å². The van der Waals surface area contributed by atoms with Gasteiger partial charge in [-0.1, -0.05) is 41.4 Å². The Morgan fingerprint density at radius 2 is 1.45 bits per heavy atom. The fourth-order valence-corrected chi connectivity index (χ4v) is 7.23. The molecule has 7 nitrogen and oxygen atoms in total. The molecule has 2 rings (SSSR count). The van der Waals surface area contributed by atoms with Gasteiger partial charge in [0.2, 0.25) is 15.8 Å². The van der Waals surface area contributed by atoms with Crippen molar-refractivity contribution in [3.8, 4) is 0 Å². The summed E-state index contributed by atoms with van der Waals surface area (Å²) in [5.41, 5.74) is 0. The molecule has 1 N–H and O–H groups in total. The van der Waals surface area contributed by atoms with E-state index in [2.05, 4.69) is 4.72 Å². The molecule has 1 aliphatic carbocycles. The molecule has 160 valence electrons. The number of allylic oxidation sites excluding steroid dienone is 2. The van der Waals surface area contributed by atoms with Gasteiger partial charge < -0.3 is 9.05 Å². The van der Waals surface area contributed by atoms with E-state index in [4.69, 9.17) is 55.5 Å². The van der Waals surface area contributed by atoms with Gasteiger partial charge in [0.1, 0.15) is 0 Å². The highest BCUT2D eigenvalue weighted by Crippen LogP contribution is 2.62. The molecule has 0 bridgehead atoms. The molecule has 29 heavy (non-hydrogen) atoms. The van der Waals surface area contributed by atoms with E-state index in [1.807, 2.05) is 0 Å². The molecule has 0 saturated heterocycles. The number of hydrogen-bond donors (Lipinski definition) is 1. The molecule has 0 heterocycles. The van der Waals surface area contributed by atoms with Crippen LogP contribution in [0.5, 0.6) is 0 Å². The van der Waals surface area contributed by atoms with Gasteiger partial charge in [0.25, 0.3) is 0 Å². The summed E-state index contributed by atoms with van der Waals surface area (Å²) in [6.07, 6.45) is 1.87. The zero-order chi connectivity index (χ0) is 21.7. The lowest BCUT2D eigenvalue weighted by molar-refractivity contribution is -0.111. The summed E-state index contributed by atoms with van der Waals surface area (Å²) < 4.78 is 52.6. The van der Waals surface area contributed by atoms with Gasteiger partial charge in [-0.25, -0.2) is 8.42 Å². The Labute approximate surface area is 188 Å². The summed E-state index contributed by atoms with van der Waals surface area (Å²) in [6, 6.07) is 7.28. The van der Waals surface area contributed by atoms with Gasteiger partial charge in [-0.15, -0.1) is 23.2 Å². The number of sulfonamides is 1. The van der Waals surface area contributed by atoms with Crippen LogP contribution in [0.2, 0.25) is 0 Å². The quantitative estimate of drug-likeness (QED) is 0.365. The fourth-order valence-electron chi connectivity index (χ4n) is 2.38. The van der Waals surface area contributed by atoms with Crippen LogP contribution in [-0.4, -0.2) is 44.5 Å². The minimum absolute atomic E-state index is 0.0659. The van der Waals surface area contributed by atoms with E-state index in [1.54, 1.807) is 6.07 Å². The molecule has 0 fully saturated rings. The second-order valence-electron chi connectivity index (χ2n) is 5.60. The highest BCUT2D eigenvalue weighted by molar-refractivity contribution is 7.90. The van der Waals surface area contributed by atoms with Crippen molar-refractivity contribution >= 4 is 69.8 Å². The maximum Gasteiger partial charge on any atom is 0.359 e. The smallest absolute Gasteiger partial charge is 0.306 e. The van der Waals surface area contributed by atoms with Gasteiger partial charge in [-0.2, -0.15) is 4.72 Å². The lowest BCUT2D eigenvalue weighted by Crippen LogP contribution is -2.48. The first-order valence-corrected chi connectivity index (χ1v) is 12.9. The zero-order valence-corrected chi connectivity index (χ0v) is 19.4. The number of halogens is 4. The second kappa shape index (κ2) is 10.3. The molecule has 13 heteroatoms. The SMILES string of the molecule is O=C1C(Cl)=CC(NS(=O)(=O)c2ccccc2)(P(=O)(OCCCl)OCCCl)C=C1Cl. The summed E-state index contributed by atoms with van der Waals surface area (Å²) in [5, 5.41) is -3.13. The van der Waals surface area contributed by atoms with Crippen LogP contribution in [0.4, 0.5) is 0 Å². The van der Waals surface area contributed by atoms with E-state index in [1.165, 1.54) is 24.3 Å². The van der Waals surface area contributed by atoms with E-state index >= 15 is 0 Å². The molecule has 1 aromatic carbocycles. The summed E-state index contributed by atoms with van der Waals surface area (Å²) in [7, 11) is -8.69. The summed E-state index contributed by atoms with van der Waals surface area (Å²) in [5.74, 6) is -0.906. The maximum atomic E-state index is 13.7. The van der Waals surface area contributed by atoms with Crippen molar-refractivity contribution in [2.45, 2.75) is 10.2 Å². The van der Waals surface area contributed by atoms with Crippen molar-refractivity contribution in [2.24, 2.45) is 0 Å². The predicted molar refractivity (Wildman–Crippen MR) is 113 cm³/mol. The Morgan fingerprint density at radius 1 is 0.966 bits per heavy atom. The first kappa shape index (κ1) is 24.9. The van der Waals surface area contributed by atoms with Crippen LogP contribution in [0.15, 0.2) is 57.4 Å². The molecule has 0 unspecified atom stereocenters. The molecular weight excluding hydrogens is 507 g/mol. The molecule has 0 saturated carbocycles. The van der Waals surface area contributed by atoms with Crippen molar-refractivity contribution in [3.63, 3.8) is 0 Å². The standard InChI is InChI=1S/C16H16Cl4NO6PS/c17-6-8-26-28(23,27-9-7-18)16(10-13(19)15(22)14(20)11-16)21-29(24,25)12-4-2-1-3-5-12/h1-5,10-11,21H,6-9H2. The summed E-state index contributed by atoms with van der Waals surface area (Å²) in [4.78, 5) is 11.9. The highest BCUT2D eigenvalue weighted by Gasteiger charge is 2.53. The largest absolute Gasteiger partial charge is 0.359 e. The van der Waals surface area contributed by atoms with Gasteiger partial charge in [-0.05, 0) is 24.3 Å². The topological polar surface area (TPSA) is 98.8 Å². The molecule has 0 atom stereocenters. The Balaban J connectivity index is 2.66. The predicted octanol–water partition coefficient (Wildman–Crippen LogP) is 4.19. The fraction of sp³-hybridized carbons (Fsp3) is 0.312. The van der Waals surface area contributed by atoms with Crippen molar-refractivity contribution in [1.29, 1.82) is 0 Å². The normalized spacial score (nSPS) is 17.0. The summed E-state index contributed by atoms with van der Waals surface area (Å²) in [6.45, 7) is -0.498. The third-order valence-corrected chi connectivity index (χ3v) is 8.45. The first-order valence-electron chi connectivity index (χ1n) is 8.02. The van der Waals surface area contributed by atoms with Crippen LogP contribution >= 0.6 is 54.0 Å². The molecule has 0 radical (unpaired) electrons. The number of benzene rings is 1. The molecule has 0 amide bonds. The Morgan fingerprint density at radius 3 is 1.90 bits per heavy atom. The van der Waals surface area contributed by atoms with E-state index < -0.39 is 38.7 Å². The molecule has 0 aromatic heterocycles. The van der Waals surface area contributed by atoms with Crippen molar-refractivity contribution < 1.29 is 26.8 Å². The third-order valence-electron chi connectivity index (χ3n) is 3.61. The molecule has 1 aliphatic rings. The van der Waals surface area contributed by atoms with E-state index in [-0.39, 0.29) is 29.9 Å². The van der Waals surface area contributed by atoms with Crippen molar-refractivity contribution in [1.82, 2.24) is 4.72 Å². The second-order valence-corrected chi connectivity index (χ2v) is 11.1. The minimum Gasteiger partial charge on any atom is -0.306 e. The Hall–Kier alpha value is -0.410. The number of ketones is 1. The van der Waals surface area contributed by atoms with Crippen LogP contribution in [0.1, 0.15) is 0 Å². The number of alkyl halides is 2. The van der Waals surface area contributed by atoms with Gasteiger partial charge in [0.05, 0.1) is 28.2 Å². The van der Waals surface area contributed by atoms with Crippen LogP contribution in [0.3, 0.4) is 0 Å². The average Bonchev–Trinajstić information content (AvgIpc) is 2.69. The van der Waals surface area contributed by atoms with Gasteiger partial charge in [0.15, 0.2) is 5.28 Å². The molecular formula is C16H16Cl4NO6PS. The lowest BCUT2D eigenvalue weighted by atomic mass is 10.1. The number of carbonyl (C=O) groups excluding carboxylic acids is 1. The number of nitrogens with one attached hydrogen (secondary N) is 1. The lowest BCUT2D eigenvalue weighted by Gasteiger charge is -2.36. The number of rotatable bonds is 10. The highest BCUT2D eigenvalue weighted by atomic mass is 35.5. The van der Waals surface area contributed by atoms with Crippen LogP contribution in [-0.2, 0) is 28.4 Å². The molecule has 1 aromatic rings. The Kier molecular flexibility index (Phi) is 8.80. The van der Waals surface area contributed by atoms with Crippen LogP contribution < -0.4 is 4.72 Å². The van der Waals surface area contributed by atoms with E-state index in [0.717, 1.165) is 12.2 Å². The number of carbonyl (C=O) groups is 1. The molecule has 0 aliphatic heterocycles.